The largest absolute Gasteiger partial charge is 0.413 e. The zero-order valence-corrected chi connectivity index (χ0v) is 16.7. The Morgan fingerprint density at radius 1 is 1.50 bits per heavy atom. The summed E-state index contributed by atoms with van der Waals surface area (Å²) in [5.41, 5.74) is 0. The lowest BCUT2D eigenvalue weighted by Gasteiger charge is -2.52. The molecule has 0 aromatic carbocycles. The van der Waals surface area contributed by atoms with E-state index in [0.29, 0.717) is 0 Å². The maximum atomic E-state index is 13.3. The summed E-state index contributed by atoms with van der Waals surface area (Å²) in [6, 6.07) is -0.162. The zero-order chi connectivity index (χ0) is 17.3. The van der Waals surface area contributed by atoms with E-state index >= 15 is 0 Å². The zero-order valence-electron chi connectivity index (χ0n) is 14.9. The van der Waals surface area contributed by atoms with Crippen LogP contribution in [0.4, 0.5) is 4.39 Å². The van der Waals surface area contributed by atoms with Crippen molar-refractivity contribution in [1.82, 2.24) is 4.31 Å². The Morgan fingerprint density at radius 3 is 2.41 bits per heavy atom. The molecule has 1 rings (SSSR count). The lowest BCUT2D eigenvalue weighted by Crippen LogP contribution is -2.65. The smallest absolute Gasteiger partial charge is 0.240 e. The second kappa shape index (κ2) is 7.05. The van der Waals surface area contributed by atoms with Gasteiger partial charge in [0.05, 0.1) is 24.7 Å². The predicted octanol–water partition coefficient (Wildman–Crippen LogP) is 4.27. The summed E-state index contributed by atoms with van der Waals surface area (Å²) in [6.45, 7) is 16.0. The van der Waals surface area contributed by atoms with Crippen LogP contribution in [0.2, 0.25) is 18.1 Å². The van der Waals surface area contributed by atoms with Crippen molar-refractivity contribution in [1.29, 1.82) is 0 Å². The monoisotopic (exact) mass is 347 g/mol. The second-order valence-electron chi connectivity index (χ2n) is 7.50. The first kappa shape index (κ1) is 19.7. The summed E-state index contributed by atoms with van der Waals surface area (Å²) in [5.74, 6) is -0.565. The molecular formula is C16H30FNO2SSi. The van der Waals surface area contributed by atoms with Crippen LogP contribution in [-0.2, 0) is 9.22 Å². The highest BCUT2D eigenvalue weighted by Crippen LogP contribution is 2.43. The molecule has 0 spiro atoms. The molecule has 0 N–H and O–H groups in total. The van der Waals surface area contributed by atoms with E-state index in [4.69, 9.17) is 4.43 Å². The minimum Gasteiger partial charge on any atom is -0.413 e. The SMILES string of the molecule is C=C[C@@H](CF)[C@@H]1[C@@H]([C@@H](C)O[Si](C)(C)C(C)(C)C)C(=O)N1SC. The van der Waals surface area contributed by atoms with E-state index in [0.717, 1.165) is 0 Å². The van der Waals surface area contributed by atoms with E-state index in [2.05, 4.69) is 40.4 Å². The summed E-state index contributed by atoms with van der Waals surface area (Å²) in [7, 11) is -1.96. The molecule has 1 heterocycles. The molecule has 3 nitrogen and oxygen atoms in total. The van der Waals surface area contributed by atoms with E-state index in [1.807, 2.05) is 13.2 Å². The average molecular weight is 348 g/mol. The van der Waals surface area contributed by atoms with E-state index in [9.17, 15) is 9.18 Å². The van der Waals surface area contributed by atoms with Crippen LogP contribution in [0, 0.1) is 11.8 Å². The predicted molar refractivity (Wildman–Crippen MR) is 95.0 cm³/mol. The first-order valence-corrected chi connectivity index (χ1v) is 11.8. The van der Waals surface area contributed by atoms with Crippen LogP contribution in [0.3, 0.4) is 0 Å². The van der Waals surface area contributed by atoms with Gasteiger partial charge in [-0.3, -0.25) is 13.5 Å². The molecule has 4 atom stereocenters. The average Bonchev–Trinajstić information content (AvgIpc) is 2.37. The van der Waals surface area contributed by atoms with Crippen molar-refractivity contribution in [3.8, 4) is 0 Å². The van der Waals surface area contributed by atoms with Crippen LogP contribution in [0.1, 0.15) is 27.7 Å². The lowest BCUT2D eigenvalue weighted by atomic mass is 9.78. The van der Waals surface area contributed by atoms with Gasteiger partial charge in [-0.25, -0.2) is 0 Å². The molecule has 6 heteroatoms. The Morgan fingerprint density at radius 2 is 2.05 bits per heavy atom. The van der Waals surface area contributed by atoms with Crippen molar-refractivity contribution in [3.63, 3.8) is 0 Å². The van der Waals surface area contributed by atoms with Crippen LogP contribution >= 0.6 is 11.9 Å². The summed E-state index contributed by atoms with van der Waals surface area (Å²) >= 11 is 1.36. The third kappa shape index (κ3) is 3.59. The van der Waals surface area contributed by atoms with Gasteiger partial charge < -0.3 is 4.43 Å². The molecule has 22 heavy (non-hydrogen) atoms. The van der Waals surface area contributed by atoms with Crippen LogP contribution < -0.4 is 0 Å². The van der Waals surface area contributed by atoms with Gasteiger partial charge in [-0.05, 0) is 25.1 Å². The number of rotatable bonds is 7. The van der Waals surface area contributed by atoms with Gasteiger partial charge in [0.15, 0.2) is 8.32 Å². The molecule has 0 aromatic rings. The molecular weight excluding hydrogens is 317 g/mol. The number of β-lactam (4-membered cyclic amide) rings is 1. The topological polar surface area (TPSA) is 29.5 Å². The lowest BCUT2D eigenvalue weighted by molar-refractivity contribution is -0.154. The van der Waals surface area contributed by atoms with Crippen molar-refractivity contribution < 1.29 is 13.6 Å². The Labute approximate surface area is 139 Å². The van der Waals surface area contributed by atoms with E-state index in [-0.39, 0.29) is 34.9 Å². The Balaban J connectivity index is 2.93. The van der Waals surface area contributed by atoms with Crippen LogP contribution in [0.25, 0.3) is 0 Å². The minimum atomic E-state index is -1.96. The molecule has 0 radical (unpaired) electrons. The molecule has 128 valence electrons. The van der Waals surface area contributed by atoms with Crippen molar-refractivity contribution in [2.24, 2.45) is 11.8 Å². The third-order valence-electron chi connectivity index (χ3n) is 5.05. The van der Waals surface area contributed by atoms with Crippen molar-refractivity contribution in [2.45, 2.75) is 58.0 Å². The molecule has 0 aromatic heterocycles. The van der Waals surface area contributed by atoms with Crippen molar-refractivity contribution in [3.05, 3.63) is 12.7 Å². The van der Waals surface area contributed by atoms with Crippen LogP contribution in [0.5, 0.6) is 0 Å². The molecule has 0 aliphatic carbocycles. The normalized spacial score (nSPS) is 25.6. The molecule has 1 amide bonds. The number of nitrogens with zero attached hydrogens (tertiary/aromatic N) is 1. The van der Waals surface area contributed by atoms with Gasteiger partial charge in [-0.1, -0.05) is 38.8 Å². The number of alkyl halides is 1. The summed E-state index contributed by atoms with van der Waals surface area (Å²) < 4.78 is 21.3. The molecule has 1 saturated heterocycles. The second-order valence-corrected chi connectivity index (χ2v) is 13.0. The van der Waals surface area contributed by atoms with Gasteiger partial charge in [0.2, 0.25) is 5.91 Å². The maximum Gasteiger partial charge on any atom is 0.240 e. The van der Waals surface area contributed by atoms with Gasteiger partial charge in [0.25, 0.3) is 0 Å². The molecule has 1 fully saturated rings. The quantitative estimate of drug-likeness (QED) is 0.298. The molecule has 1 aliphatic rings. The highest BCUT2D eigenvalue weighted by molar-refractivity contribution is 7.96. The number of hydrogen-bond acceptors (Lipinski definition) is 3. The third-order valence-corrected chi connectivity index (χ3v) is 10.4. The maximum absolute atomic E-state index is 13.3. The number of carbonyl (C=O) groups excluding carboxylic acids is 1. The summed E-state index contributed by atoms with van der Waals surface area (Å²) in [5, 5.41) is 0.0840. The number of amides is 1. The fraction of sp³-hybridized carbons (Fsp3) is 0.812. The standard InChI is InChI=1S/C16H30FNO2SSi/c1-9-12(10-17)14-13(15(19)18(14)21-6)11(2)20-22(7,8)16(3,4)5/h9,11-14H,1,10H2,2-8H3/t11-,12+,13-,14-/m1/s1. The molecule has 0 saturated carbocycles. The minimum absolute atomic E-state index is 0.0454. The fourth-order valence-electron chi connectivity index (χ4n) is 2.64. The van der Waals surface area contributed by atoms with E-state index < -0.39 is 15.0 Å². The fourth-order valence-corrected chi connectivity index (χ4v) is 4.90. The number of halogens is 1. The number of hydrogen-bond donors (Lipinski definition) is 0. The molecule has 1 aliphatic heterocycles. The van der Waals surface area contributed by atoms with Gasteiger partial charge in [-0.15, -0.1) is 6.58 Å². The summed E-state index contributed by atoms with van der Waals surface area (Å²) in [6.07, 6.45) is 3.27. The number of carbonyl (C=O) groups is 1. The first-order chi connectivity index (χ1) is 10.0. The van der Waals surface area contributed by atoms with Crippen LogP contribution in [-0.4, -0.2) is 43.6 Å². The van der Waals surface area contributed by atoms with Crippen molar-refractivity contribution in [2.75, 3.05) is 12.9 Å². The van der Waals surface area contributed by atoms with E-state index in [1.54, 1.807) is 10.4 Å². The van der Waals surface area contributed by atoms with Gasteiger partial charge in [-0.2, -0.15) is 0 Å². The highest BCUT2D eigenvalue weighted by atomic mass is 32.2. The van der Waals surface area contributed by atoms with Crippen LogP contribution in [0.15, 0.2) is 12.7 Å². The van der Waals surface area contributed by atoms with Crippen molar-refractivity contribution >= 4 is 26.2 Å². The Hall–Kier alpha value is -0.333. The summed E-state index contributed by atoms with van der Waals surface area (Å²) in [4.78, 5) is 12.4. The van der Waals surface area contributed by atoms with E-state index in [1.165, 1.54) is 11.9 Å². The molecule has 0 bridgehead atoms. The van der Waals surface area contributed by atoms with Gasteiger partial charge >= 0.3 is 0 Å². The van der Waals surface area contributed by atoms with Gasteiger partial charge in [0.1, 0.15) is 0 Å². The Kier molecular flexibility index (Phi) is 6.32. The van der Waals surface area contributed by atoms with Gasteiger partial charge in [0, 0.05) is 12.2 Å². The molecule has 0 unspecified atom stereocenters. The highest BCUT2D eigenvalue weighted by Gasteiger charge is 2.54. The Bertz CT molecular complexity index is 419. The first-order valence-electron chi connectivity index (χ1n) is 7.75.